The second-order valence-corrected chi connectivity index (χ2v) is 10.5. The van der Waals surface area contributed by atoms with Crippen molar-refractivity contribution in [3.63, 3.8) is 0 Å². The number of aliphatic hydroxyl groups is 1. The minimum Gasteiger partial charge on any atom is -0.462 e. The summed E-state index contributed by atoms with van der Waals surface area (Å²) in [7, 11) is 0. The molecule has 3 aromatic rings. The van der Waals surface area contributed by atoms with E-state index in [2.05, 4.69) is 80.7 Å². The molecule has 0 saturated heterocycles. The quantitative estimate of drug-likeness (QED) is 0.114. The SMILES string of the molecule is C=C(C)C(=O)OCC(COC(=O)C(=C)COCCO)Cc1ccc2cc(-c3ccc(CCCCC)cc3)ccc2c1. The third-order valence-corrected chi connectivity index (χ3v) is 6.83. The lowest BCUT2D eigenvalue weighted by Gasteiger charge is -2.18. The second kappa shape index (κ2) is 16.5. The van der Waals surface area contributed by atoms with E-state index >= 15 is 0 Å². The Hall–Kier alpha value is -3.74. The van der Waals surface area contributed by atoms with Crippen LogP contribution in [0.25, 0.3) is 21.9 Å². The average Bonchev–Trinajstić information content (AvgIpc) is 2.98. The van der Waals surface area contributed by atoms with E-state index in [4.69, 9.17) is 19.3 Å². The molecule has 41 heavy (non-hydrogen) atoms. The van der Waals surface area contributed by atoms with Crippen LogP contribution in [0.2, 0.25) is 0 Å². The van der Waals surface area contributed by atoms with Gasteiger partial charge in [-0.1, -0.05) is 87.5 Å². The predicted molar refractivity (Wildman–Crippen MR) is 164 cm³/mol. The molecule has 0 fully saturated rings. The van der Waals surface area contributed by atoms with Gasteiger partial charge >= 0.3 is 11.9 Å². The predicted octanol–water partition coefficient (Wildman–Crippen LogP) is 6.63. The highest BCUT2D eigenvalue weighted by molar-refractivity contribution is 5.89. The summed E-state index contributed by atoms with van der Waals surface area (Å²) in [5, 5.41) is 11.1. The molecule has 1 N–H and O–H groups in total. The van der Waals surface area contributed by atoms with Gasteiger partial charge in [-0.2, -0.15) is 0 Å². The van der Waals surface area contributed by atoms with Crippen LogP contribution in [0.1, 0.15) is 44.2 Å². The summed E-state index contributed by atoms with van der Waals surface area (Å²) in [5.74, 6) is -1.33. The molecule has 3 aromatic carbocycles. The Morgan fingerprint density at radius 1 is 0.829 bits per heavy atom. The molecule has 6 heteroatoms. The molecule has 0 aliphatic rings. The molecule has 0 aliphatic carbocycles. The molecule has 0 amide bonds. The maximum atomic E-state index is 12.4. The van der Waals surface area contributed by atoms with Gasteiger partial charge in [0.25, 0.3) is 0 Å². The Bertz CT molecular complexity index is 1320. The highest BCUT2D eigenvalue weighted by Crippen LogP contribution is 2.27. The van der Waals surface area contributed by atoms with Gasteiger partial charge in [0, 0.05) is 11.5 Å². The van der Waals surface area contributed by atoms with E-state index in [-0.39, 0.29) is 44.5 Å². The molecule has 6 nitrogen and oxygen atoms in total. The molecule has 3 rings (SSSR count). The van der Waals surface area contributed by atoms with Crippen molar-refractivity contribution in [1.82, 2.24) is 0 Å². The van der Waals surface area contributed by atoms with Crippen molar-refractivity contribution >= 4 is 22.7 Å². The fourth-order valence-electron chi connectivity index (χ4n) is 4.48. The van der Waals surface area contributed by atoms with E-state index in [0.29, 0.717) is 12.0 Å². The minimum absolute atomic E-state index is 0.0233. The molecule has 218 valence electrons. The number of aliphatic hydroxyl groups excluding tert-OH is 1. The lowest BCUT2D eigenvalue weighted by atomic mass is 9.95. The van der Waals surface area contributed by atoms with Gasteiger partial charge in [0.15, 0.2) is 0 Å². The molecular weight excluding hydrogens is 516 g/mol. The van der Waals surface area contributed by atoms with Crippen molar-refractivity contribution in [3.05, 3.63) is 96.1 Å². The Morgan fingerprint density at radius 3 is 2.15 bits per heavy atom. The first-order valence-electron chi connectivity index (χ1n) is 14.3. The normalized spacial score (nSPS) is 11.7. The number of fused-ring (bicyclic) bond motifs is 1. The first-order chi connectivity index (χ1) is 19.8. The smallest absolute Gasteiger partial charge is 0.335 e. The van der Waals surface area contributed by atoms with Crippen LogP contribution >= 0.6 is 0 Å². The molecule has 0 bridgehead atoms. The first-order valence-corrected chi connectivity index (χ1v) is 14.3. The van der Waals surface area contributed by atoms with E-state index in [9.17, 15) is 9.59 Å². The molecule has 0 saturated carbocycles. The molecule has 0 heterocycles. The Labute approximate surface area is 243 Å². The summed E-state index contributed by atoms with van der Waals surface area (Å²) in [6, 6.07) is 21.6. The van der Waals surface area contributed by atoms with Crippen LogP contribution < -0.4 is 0 Å². The van der Waals surface area contributed by atoms with Crippen LogP contribution in [0.3, 0.4) is 0 Å². The van der Waals surface area contributed by atoms with Crippen molar-refractivity contribution in [3.8, 4) is 11.1 Å². The molecule has 0 aromatic heterocycles. The zero-order valence-electron chi connectivity index (χ0n) is 24.3. The molecule has 1 unspecified atom stereocenters. The Balaban J connectivity index is 1.68. The third-order valence-electron chi connectivity index (χ3n) is 6.83. The van der Waals surface area contributed by atoms with Gasteiger partial charge in [-0.05, 0) is 65.3 Å². The summed E-state index contributed by atoms with van der Waals surface area (Å²) < 4.78 is 16.0. The number of carbonyl (C=O) groups excluding carboxylic acids is 2. The third kappa shape index (κ3) is 10.3. The summed E-state index contributed by atoms with van der Waals surface area (Å²) in [4.78, 5) is 24.4. The fourth-order valence-corrected chi connectivity index (χ4v) is 4.48. The van der Waals surface area contributed by atoms with Gasteiger partial charge < -0.3 is 19.3 Å². The van der Waals surface area contributed by atoms with Crippen LogP contribution in [-0.4, -0.2) is 50.1 Å². The van der Waals surface area contributed by atoms with Crippen molar-refractivity contribution < 1.29 is 28.9 Å². The minimum atomic E-state index is -0.584. The van der Waals surface area contributed by atoms with Crippen LogP contribution in [-0.2, 0) is 36.6 Å². The maximum Gasteiger partial charge on any atom is 0.335 e. The number of esters is 2. The monoisotopic (exact) mass is 558 g/mol. The van der Waals surface area contributed by atoms with Crippen molar-refractivity contribution in [1.29, 1.82) is 0 Å². The molecule has 0 aliphatic heterocycles. The largest absolute Gasteiger partial charge is 0.462 e. The van der Waals surface area contributed by atoms with E-state index in [1.165, 1.54) is 36.0 Å². The highest BCUT2D eigenvalue weighted by atomic mass is 16.5. The topological polar surface area (TPSA) is 82.1 Å². The van der Waals surface area contributed by atoms with Crippen LogP contribution in [0, 0.1) is 5.92 Å². The van der Waals surface area contributed by atoms with E-state index < -0.39 is 11.9 Å². The highest BCUT2D eigenvalue weighted by Gasteiger charge is 2.18. The van der Waals surface area contributed by atoms with Crippen molar-refractivity contribution in [2.45, 2.75) is 46.0 Å². The van der Waals surface area contributed by atoms with Gasteiger partial charge in [-0.3, -0.25) is 0 Å². The summed E-state index contributed by atoms with van der Waals surface area (Å²) in [6.07, 6.45) is 5.38. The standard InChI is InChI=1S/C35H42O6/c1-5-6-7-8-27-9-12-30(13-10-27)32-16-15-31-20-28(11-14-33(31)21-32)19-29(23-40-34(37)25(2)3)24-41-35(38)26(4)22-39-18-17-36/h9-16,20-21,29,36H,2,4-8,17-19,22-24H2,1,3H3. The van der Waals surface area contributed by atoms with Gasteiger partial charge in [-0.15, -0.1) is 0 Å². The number of ether oxygens (including phenoxy) is 3. The summed E-state index contributed by atoms with van der Waals surface area (Å²) in [5.41, 5.74) is 5.25. The zero-order valence-corrected chi connectivity index (χ0v) is 24.3. The lowest BCUT2D eigenvalue weighted by molar-refractivity contribution is -0.144. The fraction of sp³-hybridized carbons (Fsp3) is 0.371. The number of benzene rings is 3. The first kappa shape index (κ1) is 31.8. The number of rotatable bonds is 17. The van der Waals surface area contributed by atoms with E-state index in [0.717, 1.165) is 22.8 Å². The zero-order chi connectivity index (χ0) is 29.6. The van der Waals surface area contributed by atoms with Crippen molar-refractivity contribution in [2.75, 3.05) is 33.0 Å². The van der Waals surface area contributed by atoms with Crippen LogP contribution in [0.5, 0.6) is 0 Å². The molecular formula is C35H42O6. The number of hydrogen-bond donors (Lipinski definition) is 1. The molecule has 0 radical (unpaired) electrons. The average molecular weight is 559 g/mol. The maximum absolute atomic E-state index is 12.4. The van der Waals surface area contributed by atoms with Gasteiger partial charge in [0.2, 0.25) is 0 Å². The van der Waals surface area contributed by atoms with Crippen LogP contribution in [0.15, 0.2) is 85.0 Å². The number of carbonyl (C=O) groups is 2. The van der Waals surface area contributed by atoms with E-state index in [1.807, 2.05) is 0 Å². The van der Waals surface area contributed by atoms with Gasteiger partial charge in [-0.25, -0.2) is 9.59 Å². The number of unbranched alkanes of at least 4 members (excludes halogenated alkanes) is 2. The van der Waals surface area contributed by atoms with Crippen molar-refractivity contribution in [2.24, 2.45) is 5.92 Å². The second-order valence-electron chi connectivity index (χ2n) is 10.5. The Morgan fingerprint density at radius 2 is 1.46 bits per heavy atom. The lowest BCUT2D eigenvalue weighted by Crippen LogP contribution is -2.24. The summed E-state index contributed by atoms with van der Waals surface area (Å²) in [6.45, 7) is 11.2. The van der Waals surface area contributed by atoms with Gasteiger partial charge in [0.05, 0.1) is 38.6 Å². The molecule has 1 atom stereocenters. The van der Waals surface area contributed by atoms with Gasteiger partial charge in [0.1, 0.15) is 0 Å². The molecule has 0 spiro atoms. The Kier molecular flexibility index (Phi) is 12.8. The number of aryl methyl sites for hydroxylation is 1. The summed E-state index contributed by atoms with van der Waals surface area (Å²) >= 11 is 0. The number of hydrogen-bond acceptors (Lipinski definition) is 6. The van der Waals surface area contributed by atoms with Crippen LogP contribution in [0.4, 0.5) is 0 Å². The van der Waals surface area contributed by atoms with E-state index in [1.54, 1.807) is 6.92 Å².